The molecular weight excluding hydrogens is 314 g/mol. The van der Waals surface area contributed by atoms with Crippen molar-refractivity contribution in [3.8, 4) is 11.5 Å². The van der Waals surface area contributed by atoms with E-state index in [0.717, 1.165) is 0 Å². The Morgan fingerprint density at radius 3 is 2.38 bits per heavy atom. The maximum atomic E-state index is 12.1. The van der Waals surface area contributed by atoms with Crippen molar-refractivity contribution < 1.29 is 28.7 Å². The highest BCUT2D eigenvalue weighted by molar-refractivity contribution is 6.20. The summed E-state index contributed by atoms with van der Waals surface area (Å²) in [4.78, 5) is 41.3. The van der Waals surface area contributed by atoms with Gasteiger partial charge in [0, 0.05) is 0 Å². The van der Waals surface area contributed by atoms with E-state index in [9.17, 15) is 14.4 Å². The maximum Gasteiger partial charge on any atom is 0.337 e. The minimum Gasteiger partial charge on any atom is -0.454 e. The highest BCUT2D eigenvalue weighted by Crippen LogP contribution is 2.32. The summed E-state index contributed by atoms with van der Waals surface area (Å²) in [7, 11) is 0. The Morgan fingerprint density at radius 2 is 1.67 bits per heavy atom. The SMILES string of the molecule is O=C(Cc1ccc2c(c1)OCO2)ON1C(=O)c2ccccc2C1=O. The van der Waals surface area contributed by atoms with E-state index in [1.54, 1.807) is 30.3 Å². The van der Waals surface area contributed by atoms with E-state index in [-0.39, 0.29) is 24.3 Å². The second-order valence-electron chi connectivity index (χ2n) is 5.28. The number of fused-ring (bicyclic) bond motifs is 2. The first-order valence-electron chi connectivity index (χ1n) is 7.20. The summed E-state index contributed by atoms with van der Waals surface area (Å²) >= 11 is 0. The van der Waals surface area contributed by atoms with Crippen LogP contribution in [0.5, 0.6) is 11.5 Å². The summed E-state index contributed by atoms with van der Waals surface area (Å²) in [6.07, 6.45) is -0.107. The standard InChI is InChI=1S/C17H11NO6/c19-15(8-10-5-6-13-14(7-10)23-9-22-13)24-18-16(20)11-3-1-2-4-12(11)17(18)21/h1-7H,8-9H2. The lowest BCUT2D eigenvalue weighted by Gasteiger charge is -2.12. The molecule has 2 aromatic rings. The number of nitrogens with zero attached hydrogens (tertiary/aromatic N) is 1. The van der Waals surface area contributed by atoms with Crippen molar-refractivity contribution >= 4 is 17.8 Å². The fraction of sp³-hybridized carbons (Fsp3) is 0.118. The minimum atomic E-state index is -0.719. The number of rotatable bonds is 3. The van der Waals surface area contributed by atoms with Gasteiger partial charge < -0.3 is 14.3 Å². The molecule has 0 bridgehead atoms. The molecule has 2 aliphatic heterocycles. The summed E-state index contributed by atoms with van der Waals surface area (Å²) in [5, 5.41) is 0.500. The average molecular weight is 325 g/mol. The first-order chi connectivity index (χ1) is 11.6. The molecule has 24 heavy (non-hydrogen) atoms. The van der Waals surface area contributed by atoms with Crippen molar-refractivity contribution in [2.24, 2.45) is 0 Å². The summed E-state index contributed by atoms with van der Waals surface area (Å²) in [6, 6.07) is 11.3. The van der Waals surface area contributed by atoms with E-state index < -0.39 is 17.8 Å². The number of hydrogen-bond donors (Lipinski definition) is 0. The smallest absolute Gasteiger partial charge is 0.337 e. The number of ether oxygens (including phenoxy) is 2. The normalized spacial score (nSPS) is 14.8. The molecule has 2 aromatic carbocycles. The predicted molar refractivity (Wildman–Crippen MR) is 79.3 cm³/mol. The third-order valence-electron chi connectivity index (χ3n) is 3.74. The Morgan fingerprint density at radius 1 is 1.00 bits per heavy atom. The zero-order valence-corrected chi connectivity index (χ0v) is 12.4. The second-order valence-corrected chi connectivity index (χ2v) is 5.28. The van der Waals surface area contributed by atoms with Gasteiger partial charge in [-0.2, -0.15) is 0 Å². The largest absolute Gasteiger partial charge is 0.454 e. The van der Waals surface area contributed by atoms with Crippen molar-refractivity contribution in [3.63, 3.8) is 0 Å². The lowest BCUT2D eigenvalue weighted by molar-refractivity contribution is -0.167. The van der Waals surface area contributed by atoms with Gasteiger partial charge in [0.2, 0.25) is 6.79 Å². The molecule has 7 nitrogen and oxygen atoms in total. The van der Waals surface area contributed by atoms with Crippen LogP contribution >= 0.6 is 0 Å². The number of imide groups is 1. The zero-order chi connectivity index (χ0) is 16.7. The van der Waals surface area contributed by atoms with E-state index in [4.69, 9.17) is 14.3 Å². The fourth-order valence-electron chi connectivity index (χ4n) is 2.60. The zero-order valence-electron chi connectivity index (χ0n) is 12.4. The molecule has 0 spiro atoms. The molecule has 0 unspecified atom stereocenters. The van der Waals surface area contributed by atoms with E-state index in [1.165, 1.54) is 12.1 Å². The number of hydrogen-bond acceptors (Lipinski definition) is 6. The topological polar surface area (TPSA) is 82.1 Å². The molecule has 4 rings (SSSR count). The van der Waals surface area contributed by atoms with Gasteiger partial charge in [-0.25, -0.2) is 4.79 Å². The lowest BCUT2D eigenvalue weighted by atomic mass is 10.1. The molecule has 0 saturated carbocycles. The summed E-state index contributed by atoms with van der Waals surface area (Å²) in [6.45, 7) is 0.137. The molecule has 2 heterocycles. The van der Waals surface area contributed by atoms with Gasteiger partial charge in [0.25, 0.3) is 11.8 Å². The number of hydroxylamine groups is 2. The molecule has 7 heteroatoms. The van der Waals surface area contributed by atoms with Crippen LogP contribution in [0.4, 0.5) is 0 Å². The number of benzene rings is 2. The Hall–Kier alpha value is -3.35. The van der Waals surface area contributed by atoms with Crippen molar-refractivity contribution in [1.82, 2.24) is 5.06 Å². The van der Waals surface area contributed by atoms with Crippen LogP contribution in [0.2, 0.25) is 0 Å². The Balaban J connectivity index is 1.47. The van der Waals surface area contributed by atoms with Crippen LogP contribution in [-0.4, -0.2) is 29.6 Å². The van der Waals surface area contributed by atoms with Gasteiger partial charge in [-0.3, -0.25) is 9.59 Å². The van der Waals surface area contributed by atoms with Crippen molar-refractivity contribution in [1.29, 1.82) is 0 Å². The quantitative estimate of drug-likeness (QED) is 0.799. The molecule has 0 radical (unpaired) electrons. The van der Waals surface area contributed by atoms with E-state index in [2.05, 4.69) is 0 Å². The van der Waals surface area contributed by atoms with Crippen molar-refractivity contribution in [2.45, 2.75) is 6.42 Å². The molecule has 0 aliphatic carbocycles. The Labute approximate surface area is 136 Å². The number of carbonyl (C=O) groups is 3. The van der Waals surface area contributed by atoms with Crippen molar-refractivity contribution in [2.75, 3.05) is 6.79 Å². The molecule has 0 fully saturated rings. The molecular formula is C17H11NO6. The lowest BCUT2D eigenvalue weighted by Crippen LogP contribution is -2.33. The minimum absolute atomic E-state index is 0.107. The number of carbonyl (C=O) groups excluding carboxylic acids is 3. The van der Waals surface area contributed by atoms with E-state index in [1.807, 2.05) is 0 Å². The maximum absolute atomic E-state index is 12.1. The first-order valence-corrected chi connectivity index (χ1v) is 7.20. The molecule has 120 valence electrons. The van der Waals surface area contributed by atoms with Crippen LogP contribution < -0.4 is 9.47 Å². The van der Waals surface area contributed by atoms with Crippen LogP contribution in [0, 0.1) is 0 Å². The Kier molecular flexibility index (Phi) is 3.19. The van der Waals surface area contributed by atoms with Gasteiger partial charge in [-0.05, 0) is 29.8 Å². The van der Waals surface area contributed by atoms with Crippen LogP contribution in [0.1, 0.15) is 26.3 Å². The van der Waals surface area contributed by atoms with Gasteiger partial charge in [0.05, 0.1) is 17.5 Å². The van der Waals surface area contributed by atoms with Crippen molar-refractivity contribution in [3.05, 3.63) is 59.2 Å². The summed E-state index contributed by atoms with van der Waals surface area (Å²) in [5.74, 6) is -0.860. The van der Waals surface area contributed by atoms with E-state index >= 15 is 0 Å². The molecule has 2 aliphatic rings. The van der Waals surface area contributed by atoms with Crippen LogP contribution in [-0.2, 0) is 16.1 Å². The molecule has 2 amide bonds. The number of amides is 2. The third kappa shape index (κ3) is 2.26. The van der Waals surface area contributed by atoms with Gasteiger partial charge in [-0.15, -0.1) is 0 Å². The van der Waals surface area contributed by atoms with Crippen LogP contribution in [0.25, 0.3) is 0 Å². The van der Waals surface area contributed by atoms with Crippen LogP contribution in [0.15, 0.2) is 42.5 Å². The van der Waals surface area contributed by atoms with Gasteiger partial charge in [-0.1, -0.05) is 23.3 Å². The second kappa shape index (κ2) is 5.38. The summed E-state index contributed by atoms with van der Waals surface area (Å²) < 4.78 is 10.4. The first kappa shape index (κ1) is 14.3. The molecule has 0 saturated heterocycles. The Bertz CT molecular complexity index is 840. The van der Waals surface area contributed by atoms with Crippen LogP contribution in [0.3, 0.4) is 0 Å². The summed E-state index contributed by atoms with van der Waals surface area (Å²) in [5.41, 5.74) is 1.07. The highest BCUT2D eigenvalue weighted by Gasteiger charge is 2.38. The third-order valence-corrected chi connectivity index (χ3v) is 3.74. The fourth-order valence-corrected chi connectivity index (χ4v) is 2.60. The molecule has 0 atom stereocenters. The van der Waals surface area contributed by atoms with E-state index in [0.29, 0.717) is 22.1 Å². The van der Waals surface area contributed by atoms with Gasteiger partial charge in [0.15, 0.2) is 11.5 Å². The average Bonchev–Trinajstić information content (AvgIpc) is 3.14. The molecule has 0 aromatic heterocycles. The van der Waals surface area contributed by atoms with Gasteiger partial charge >= 0.3 is 5.97 Å². The monoisotopic (exact) mass is 325 g/mol. The van der Waals surface area contributed by atoms with Gasteiger partial charge in [0.1, 0.15) is 0 Å². The predicted octanol–water partition coefficient (Wildman–Crippen LogP) is 1.71. The highest BCUT2D eigenvalue weighted by atomic mass is 16.7. The molecule has 0 N–H and O–H groups in total.